The number of carboxylic acid groups (broad SMARTS) is 1. The molecule has 96 valence electrons. The first kappa shape index (κ1) is 14.2. The van der Waals surface area contributed by atoms with Crippen LogP contribution >= 0.6 is 11.6 Å². The van der Waals surface area contributed by atoms with Crippen molar-refractivity contribution in [2.45, 2.75) is 12.5 Å². The third-order valence-electron chi connectivity index (χ3n) is 2.20. The Hall–Kier alpha value is -1.88. The molecule has 0 radical (unpaired) electrons. The summed E-state index contributed by atoms with van der Waals surface area (Å²) in [7, 11) is 0. The number of hydrogen-bond acceptors (Lipinski definition) is 2. The Labute approximate surface area is 108 Å². The van der Waals surface area contributed by atoms with Gasteiger partial charge >= 0.3 is 5.97 Å². The summed E-state index contributed by atoms with van der Waals surface area (Å²) < 4.78 is 13.1. The molecule has 1 rings (SSSR count). The summed E-state index contributed by atoms with van der Waals surface area (Å²) in [6, 6.07) is 2.62. The first-order valence-corrected chi connectivity index (χ1v) is 5.43. The number of benzene rings is 1. The molecule has 0 aromatic heterocycles. The van der Waals surface area contributed by atoms with Crippen LogP contribution in [-0.4, -0.2) is 23.0 Å². The third kappa shape index (κ3) is 3.30. The maximum atomic E-state index is 13.1. The molecule has 0 spiro atoms. The second kappa shape index (κ2) is 6.16. The fourth-order valence-electron chi connectivity index (χ4n) is 1.30. The molecule has 1 aromatic rings. The van der Waals surface area contributed by atoms with Gasteiger partial charge in [0.2, 0.25) is 0 Å². The number of aliphatic carboxylic acids is 1. The minimum atomic E-state index is -1.20. The van der Waals surface area contributed by atoms with E-state index < -0.39 is 23.7 Å². The lowest BCUT2D eigenvalue weighted by Gasteiger charge is -2.13. The molecule has 2 N–H and O–H groups in total. The largest absolute Gasteiger partial charge is 0.480 e. The van der Waals surface area contributed by atoms with Crippen molar-refractivity contribution in [3.05, 3.63) is 47.3 Å². The van der Waals surface area contributed by atoms with Crippen molar-refractivity contribution in [1.29, 1.82) is 0 Å². The average Bonchev–Trinajstić information content (AvgIpc) is 2.31. The highest BCUT2D eigenvalue weighted by Gasteiger charge is 2.21. The lowest BCUT2D eigenvalue weighted by atomic mass is 10.1. The van der Waals surface area contributed by atoms with Crippen molar-refractivity contribution < 1.29 is 19.1 Å². The molecule has 0 aliphatic carbocycles. The molecule has 1 aromatic carbocycles. The predicted octanol–water partition coefficient (Wildman–Crippen LogP) is 2.24. The van der Waals surface area contributed by atoms with Crippen LogP contribution in [0.15, 0.2) is 30.9 Å². The van der Waals surface area contributed by atoms with Crippen LogP contribution < -0.4 is 5.32 Å². The van der Waals surface area contributed by atoms with Gasteiger partial charge in [-0.2, -0.15) is 0 Å². The van der Waals surface area contributed by atoms with Crippen molar-refractivity contribution in [2.75, 3.05) is 0 Å². The first-order chi connectivity index (χ1) is 8.47. The summed E-state index contributed by atoms with van der Waals surface area (Å²) in [5.74, 6) is -2.68. The molecule has 4 nitrogen and oxygen atoms in total. The van der Waals surface area contributed by atoms with Gasteiger partial charge in [-0.3, -0.25) is 4.79 Å². The van der Waals surface area contributed by atoms with Gasteiger partial charge in [-0.25, -0.2) is 9.18 Å². The van der Waals surface area contributed by atoms with Gasteiger partial charge < -0.3 is 10.4 Å². The zero-order valence-electron chi connectivity index (χ0n) is 9.32. The lowest BCUT2D eigenvalue weighted by molar-refractivity contribution is -0.139. The van der Waals surface area contributed by atoms with Gasteiger partial charge in [-0.15, -0.1) is 6.58 Å². The number of carbonyl (C=O) groups is 2. The summed E-state index contributed by atoms with van der Waals surface area (Å²) in [5, 5.41) is 10.8. The fourth-order valence-corrected chi connectivity index (χ4v) is 1.52. The van der Waals surface area contributed by atoms with Gasteiger partial charge in [0.05, 0.1) is 10.6 Å². The second-order valence-corrected chi connectivity index (χ2v) is 3.87. The van der Waals surface area contributed by atoms with Gasteiger partial charge in [0, 0.05) is 0 Å². The van der Waals surface area contributed by atoms with Crippen molar-refractivity contribution >= 4 is 23.5 Å². The highest BCUT2D eigenvalue weighted by atomic mass is 35.5. The number of carboxylic acids is 1. The van der Waals surface area contributed by atoms with Crippen LogP contribution in [0.3, 0.4) is 0 Å². The Morgan fingerprint density at radius 1 is 1.56 bits per heavy atom. The highest BCUT2D eigenvalue weighted by Crippen LogP contribution is 2.19. The average molecular weight is 272 g/mol. The van der Waals surface area contributed by atoms with E-state index in [0.717, 1.165) is 6.07 Å². The molecule has 1 amide bonds. The summed E-state index contributed by atoms with van der Waals surface area (Å²) in [6.07, 6.45) is 1.43. The topological polar surface area (TPSA) is 66.4 Å². The number of amides is 1. The maximum absolute atomic E-state index is 13.1. The standard InChI is InChI=1S/C12H11ClFNO3/c1-2-4-9(12(17)18)15-11(16)7-5-3-6-8(14)10(7)13/h2-3,5-6,9H,1,4H2,(H,15,16)(H,17,18). The van der Waals surface area contributed by atoms with Crippen molar-refractivity contribution in [3.63, 3.8) is 0 Å². The SMILES string of the molecule is C=CCC(NC(=O)c1cccc(F)c1Cl)C(=O)O. The van der Waals surface area contributed by atoms with Gasteiger partial charge in [0.15, 0.2) is 0 Å². The van der Waals surface area contributed by atoms with Crippen LogP contribution in [0.4, 0.5) is 4.39 Å². The third-order valence-corrected chi connectivity index (χ3v) is 2.59. The molecule has 0 heterocycles. The Balaban J connectivity index is 2.90. The van der Waals surface area contributed by atoms with E-state index in [9.17, 15) is 14.0 Å². The molecule has 18 heavy (non-hydrogen) atoms. The van der Waals surface area contributed by atoms with E-state index >= 15 is 0 Å². The fraction of sp³-hybridized carbons (Fsp3) is 0.167. The molecule has 6 heteroatoms. The number of nitrogens with one attached hydrogen (secondary N) is 1. The molecule has 0 bridgehead atoms. The predicted molar refractivity (Wildman–Crippen MR) is 65.1 cm³/mol. The minimum Gasteiger partial charge on any atom is -0.480 e. The zero-order chi connectivity index (χ0) is 13.7. The lowest BCUT2D eigenvalue weighted by Crippen LogP contribution is -2.40. The van der Waals surface area contributed by atoms with Crippen LogP contribution in [0.1, 0.15) is 16.8 Å². The molecule has 1 unspecified atom stereocenters. The van der Waals surface area contributed by atoms with Gasteiger partial charge in [0.1, 0.15) is 11.9 Å². The van der Waals surface area contributed by atoms with E-state index in [1.54, 1.807) is 0 Å². The van der Waals surface area contributed by atoms with Crippen molar-refractivity contribution in [1.82, 2.24) is 5.32 Å². The first-order valence-electron chi connectivity index (χ1n) is 5.06. The maximum Gasteiger partial charge on any atom is 0.326 e. The number of carbonyl (C=O) groups excluding carboxylic acids is 1. The Morgan fingerprint density at radius 3 is 2.78 bits per heavy atom. The summed E-state index contributed by atoms with van der Waals surface area (Å²) >= 11 is 5.62. The van der Waals surface area contributed by atoms with Crippen LogP contribution in [-0.2, 0) is 4.79 Å². The molecular formula is C12H11ClFNO3. The van der Waals surface area contributed by atoms with E-state index in [2.05, 4.69) is 11.9 Å². The smallest absolute Gasteiger partial charge is 0.326 e. The van der Waals surface area contributed by atoms with Crippen molar-refractivity contribution in [3.8, 4) is 0 Å². The van der Waals surface area contributed by atoms with Gasteiger partial charge in [-0.05, 0) is 18.6 Å². The quantitative estimate of drug-likeness (QED) is 0.807. The van der Waals surface area contributed by atoms with E-state index in [-0.39, 0.29) is 17.0 Å². The summed E-state index contributed by atoms with van der Waals surface area (Å²) in [4.78, 5) is 22.6. The molecule has 0 saturated heterocycles. The minimum absolute atomic E-state index is 0.0635. The monoisotopic (exact) mass is 271 g/mol. The molecule has 1 atom stereocenters. The molecule has 0 aliphatic heterocycles. The van der Waals surface area contributed by atoms with Crippen LogP contribution in [0, 0.1) is 5.82 Å². The van der Waals surface area contributed by atoms with E-state index in [4.69, 9.17) is 16.7 Å². The van der Waals surface area contributed by atoms with Crippen LogP contribution in [0.25, 0.3) is 0 Å². The van der Waals surface area contributed by atoms with Crippen LogP contribution in [0.2, 0.25) is 5.02 Å². The zero-order valence-corrected chi connectivity index (χ0v) is 10.1. The van der Waals surface area contributed by atoms with E-state index in [0.29, 0.717) is 0 Å². The normalized spacial score (nSPS) is 11.7. The number of halogens is 2. The van der Waals surface area contributed by atoms with E-state index in [1.165, 1.54) is 18.2 Å². The number of hydrogen-bond donors (Lipinski definition) is 2. The highest BCUT2D eigenvalue weighted by molar-refractivity contribution is 6.34. The van der Waals surface area contributed by atoms with Crippen molar-refractivity contribution in [2.24, 2.45) is 0 Å². The summed E-state index contributed by atoms with van der Waals surface area (Å²) in [5.41, 5.74) is -0.105. The Bertz CT molecular complexity index is 490. The molecule has 0 fully saturated rings. The summed E-state index contributed by atoms with van der Waals surface area (Å²) in [6.45, 7) is 3.39. The van der Waals surface area contributed by atoms with E-state index in [1.807, 2.05) is 0 Å². The molecular weight excluding hydrogens is 261 g/mol. The second-order valence-electron chi connectivity index (χ2n) is 3.49. The molecule has 0 aliphatic rings. The Morgan fingerprint density at radius 2 is 2.22 bits per heavy atom. The molecule has 0 saturated carbocycles. The van der Waals surface area contributed by atoms with Crippen LogP contribution in [0.5, 0.6) is 0 Å². The Kier molecular flexibility index (Phi) is 4.85. The number of rotatable bonds is 5. The van der Waals surface area contributed by atoms with Gasteiger partial charge in [0.25, 0.3) is 5.91 Å². The van der Waals surface area contributed by atoms with Gasteiger partial charge in [-0.1, -0.05) is 23.7 Å².